The molecule has 0 N–H and O–H groups in total. The minimum Gasteiger partial charge on any atom is -0.274 e. The molecule has 0 rings (SSSR count). The molecule has 0 radical (unpaired) electrons. The summed E-state index contributed by atoms with van der Waals surface area (Å²) in [5.74, 6) is 0. The topological polar surface area (TPSA) is 12.4 Å². The Kier molecular flexibility index (Phi) is 5.72. The van der Waals surface area contributed by atoms with Crippen LogP contribution in [0.2, 0.25) is 0 Å². The first-order chi connectivity index (χ1) is 6.04. The first kappa shape index (κ1) is 12.4. The van der Waals surface area contributed by atoms with Gasteiger partial charge in [0.15, 0.2) is 0 Å². The highest BCUT2D eigenvalue weighted by atomic mass is 35.5. The van der Waals surface area contributed by atoms with Crippen LogP contribution in [0.1, 0.15) is 34.6 Å². The van der Waals surface area contributed by atoms with Crippen LogP contribution in [0.5, 0.6) is 0 Å². The molecular formula is C11H18ClN. The summed E-state index contributed by atoms with van der Waals surface area (Å²) in [6, 6.07) is 0.339. The maximum atomic E-state index is 5.53. The first-order valence-electron chi connectivity index (χ1n) is 4.42. The van der Waals surface area contributed by atoms with Crippen molar-refractivity contribution in [2.45, 2.75) is 34.6 Å². The van der Waals surface area contributed by atoms with Crippen molar-refractivity contribution >= 4 is 17.3 Å². The van der Waals surface area contributed by atoms with E-state index in [1.165, 1.54) is 16.7 Å². The summed E-state index contributed by atoms with van der Waals surface area (Å²) in [6.45, 7) is 10.3. The number of alkyl halides is 1. The Hall–Kier alpha value is -0.560. The molecule has 1 nitrogen and oxygen atoms in total. The third kappa shape index (κ3) is 3.77. The molecule has 74 valence electrons. The molecule has 0 aliphatic heterocycles. The van der Waals surface area contributed by atoms with Gasteiger partial charge in [-0.3, -0.25) is 4.99 Å². The highest BCUT2D eigenvalue weighted by Crippen LogP contribution is 2.14. The lowest BCUT2D eigenvalue weighted by Crippen LogP contribution is -1.98. The fourth-order valence-corrected chi connectivity index (χ4v) is 1.17. The number of aliphatic imine (C=N–C) groups is 1. The van der Waals surface area contributed by atoms with Crippen LogP contribution in [0, 0.1) is 0 Å². The largest absolute Gasteiger partial charge is 0.274 e. The Morgan fingerprint density at radius 3 is 2.08 bits per heavy atom. The molecule has 13 heavy (non-hydrogen) atoms. The summed E-state index contributed by atoms with van der Waals surface area (Å²) >= 11 is 5.53. The van der Waals surface area contributed by atoms with E-state index < -0.39 is 0 Å². The van der Waals surface area contributed by atoms with E-state index in [0.717, 1.165) is 5.71 Å². The minimum absolute atomic E-state index is 0.339. The molecule has 0 unspecified atom stereocenters. The van der Waals surface area contributed by atoms with Crippen molar-refractivity contribution in [3.63, 3.8) is 0 Å². The molecule has 0 aliphatic rings. The quantitative estimate of drug-likeness (QED) is 0.283. The first-order valence-corrected chi connectivity index (χ1v) is 4.96. The number of nitrogens with zero attached hydrogens (tertiary/aromatic N) is 1. The lowest BCUT2D eigenvalue weighted by Gasteiger charge is -2.07. The van der Waals surface area contributed by atoms with Gasteiger partial charge in [0, 0.05) is 5.71 Å². The zero-order valence-electron chi connectivity index (χ0n) is 9.11. The van der Waals surface area contributed by atoms with Gasteiger partial charge in [-0.25, -0.2) is 0 Å². The maximum Gasteiger partial charge on any atom is 0.113 e. The average molecular weight is 200 g/mol. The summed E-state index contributed by atoms with van der Waals surface area (Å²) in [6.07, 6.45) is 2.10. The predicted octanol–water partition coefficient (Wildman–Crippen LogP) is 3.95. The molecule has 0 saturated carbocycles. The molecular weight excluding hydrogens is 182 g/mol. The molecule has 0 spiro atoms. The minimum atomic E-state index is 0.339. The zero-order valence-corrected chi connectivity index (χ0v) is 9.87. The number of halogens is 1. The molecule has 0 bridgehead atoms. The van der Waals surface area contributed by atoms with Gasteiger partial charge in [-0.2, -0.15) is 0 Å². The van der Waals surface area contributed by atoms with Crippen LogP contribution >= 0.6 is 11.6 Å². The molecule has 0 aromatic rings. The van der Waals surface area contributed by atoms with Gasteiger partial charge < -0.3 is 0 Å². The van der Waals surface area contributed by atoms with Crippen LogP contribution in [0.25, 0.3) is 0 Å². The van der Waals surface area contributed by atoms with Crippen LogP contribution in [0.15, 0.2) is 27.8 Å². The van der Waals surface area contributed by atoms with E-state index in [9.17, 15) is 0 Å². The summed E-state index contributed by atoms with van der Waals surface area (Å²) in [7, 11) is 0. The number of allylic oxidation sites excluding steroid dienone is 4. The van der Waals surface area contributed by atoms with Gasteiger partial charge in [0.05, 0.1) is 0 Å². The van der Waals surface area contributed by atoms with Crippen molar-refractivity contribution in [3.05, 3.63) is 22.8 Å². The van der Waals surface area contributed by atoms with Crippen molar-refractivity contribution in [1.82, 2.24) is 0 Å². The Balaban J connectivity index is 4.92. The monoisotopic (exact) mass is 199 g/mol. The maximum absolute atomic E-state index is 5.53. The molecule has 0 aromatic carbocycles. The molecule has 0 amide bonds. The molecule has 0 atom stereocenters. The second kappa shape index (κ2) is 5.98. The molecule has 0 fully saturated rings. The van der Waals surface area contributed by atoms with Crippen molar-refractivity contribution in [1.29, 1.82) is 0 Å². The second-order valence-corrected chi connectivity index (χ2v) is 3.32. The second-order valence-electron chi connectivity index (χ2n) is 3.08. The molecule has 2 heteroatoms. The highest BCUT2D eigenvalue weighted by Gasteiger charge is 2.01. The van der Waals surface area contributed by atoms with Gasteiger partial charge in [-0.1, -0.05) is 11.6 Å². The van der Waals surface area contributed by atoms with E-state index in [1.54, 1.807) is 0 Å². The van der Waals surface area contributed by atoms with Gasteiger partial charge in [0.25, 0.3) is 0 Å². The number of hydrogen-bond donors (Lipinski definition) is 0. The van der Waals surface area contributed by atoms with Crippen LogP contribution < -0.4 is 0 Å². The lowest BCUT2D eigenvalue weighted by molar-refractivity contribution is 1.25. The van der Waals surface area contributed by atoms with Crippen LogP contribution in [-0.4, -0.2) is 11.7 Å². The van der Waals surface area contributed by atoms with E-state index in [4.69, 9.17) is 11.6 Å². The standard InChI is InChI=1S/C11H18ClN/c1-6-8(2)9(3)10(4)11(5)13-7-12/h6H,7H2,1-5H3/b8-6-,10-9+,13-11-. The van der Waals surface area contributed by atoms with E-state index in [-0.39, 0.29) is 0 Å². The highest BCUT2D eigenvalue weighted by molar-refractivity contribution is 6.18. The Morgan fingerprint density at radius 1 is 1.15 bits per heavy atom. The summed E-state index contributed by atoms with van der Waals surface area (Å²) in [4.78, 5) is 4.16. The van der Waals surface area contributed by atoms with Gasteiger partial charge in [-0.15, -0.1) is 11.6 Å². The lowest BCUT2D eigenvalue weighted by atomic mass is 10.0. The van der Waals surface area contributed by atoms with Gasteiger partial charge >= 0.3 is 0 Å². The Morgan fingerprint density at radius 2 is 1.69 bits per heavy atom. The van der Waals surface area contributed by atoms with Gasteiger partial charge in [-0.05, 0) is 45.8 Å². The van der Waals surface area contributed by atoms with Gasteiger partial charge in [0.1, 0.15) is 6.00 Å². The van der Waals surface area contributed by atoms with Crippen molar-refractivity contribution < 1.29 is 0 Å². The summed E-state index contributed by atoms with van der Waals surface area (Å²) < 4.78 is 0. The average Bonchev–Trinajstić information content (AvgIpc) is 2.14. The van der Waals surface area contributed by atoms with Crippen LogP contribution in [-0.2, 0) is 0 Å². The molecule has 0 aromatic heterocycles. The van der Waals surface area contributed by atoms with Crippen molar-refractivity contribution in [3.8, 4) is 0 Å². The molecule has 0 saturated heterocycles. The van der Waals surface area contributed by atoms with E-state index in [1.807, 2.05) is 13.8 Å². The molecule has 0 aliphatic carbocycles. The smallest absolute Gasteiger partial charge is 0.113 e. The zero-order chi connectivity index (χ0) is 10.4. The van der Waals surface area contributed by atoms with E-state index >= 15 is 0 Å². The third-order valence-electron chi connectivity index (χ3n) is 2.43. The summed E-state index contributed by atoms with van der Waals surface area (Å²) in [5, 5.41) is 0. The fraction of sp³-hybridized carbons (Fsp3) is 0.545. The van der Waals surface area contributed by atoms with Crippen LogP contribution in [0.4, 0.5) is 0 Å². The van der Waals surface area contributed by atoms with E-state index in [0.29, 0.717) is 6.00 Å². The van der Waals surface area contributed by atoms with Gasteiger partial charge in [0.2, 0.25) is 0 Å². The van der Waals surface area contributed by atoms with Crippen molar-refractivity contribution in [2.24, 2.45) is 4.99 Å². The summed E-state index contributed by atoms with van der Waals surface area (Å²) in [5.41, 5.74) is 4.82. The fourth-order valence-electron chi connectivity index (χ4n) is 0.992. The van der Waals surface area contributed by atoms with E-state index in [2.05, 4.69) is 31.8 Å². The molecule has 0 heterocycles. The van der Waals surface area contributed by atoms with Crippen LogP contribution in [0.3, 0.4) is 0 Å². The predicted molar refractivity (Wildman–Crippen MR) is 61.6 cm³/mol. The third-order valence-corrected chi connectivity index (χ3v) is 2.55. The number of rotatable bonds is 3. The number of hydrogen-bond acceptors (Lipinski definition) is 1. The Bertz CT molecular complexity index is 259. The van der Waals surface area contributed by atoms with Crippen molar-refractivity contribution in [2.75, 3.05) is 6.00 Å². The Labute approximate surface area is 86.2 Å². The SMILES string of the molecule is C\C=C(C)/C(C)=C(C)/C(C)=N\CCl. The normalized spacial score (nSPS) is 15.8.